The van der Waals surface area contributed by atoms with Crippen LogP contribution in [0.4, 0.5) is 0 Å². The number of ether oxygens (including phenoxy) is 2. The number of esters is 1. The van der Waals surface area contributed by atoms with E-state index < -0.39 is 0 Å². The predicted octanol–water partition coefficient (Wildman–Crippen LogP) is 1.75. The van der Waals surface area contributed by atoms with Crippen molar-refractivity contribution in [2.24, 2.45) is 23.7 Å². The summed E-state index contributed by atoms with van der Waals surface area (Å²) < 4.78 is 10.9. The number of carbonyl (C=O) groups is 1. The molecule has 0 aliphatic heterocycles. The van der Waals surface area contributed by atoms with E-state index in [1.807, 2.05) is 0 Å². The van der Waals surface area contributed by atoms with Gasteiger partial charge in [-0.1, -0.05) is 0 Å². The normalized spacial score (nSPS) is 41.3. The van der Waals surface area contributed by atoms with E-state index in [1.165, 1.54) is 32.1 Å². The van der Waals surface area contributed by atoms with E-state index in [9.17, 15) is 4.79 Å². The van der Waals surface area contributed by atoms with E-state index in [0.29, 0.717) is 11.8 Å². The molecule has 1 N–H and O–H groups in total. The summed E-state index contributed by atoms with van der Waals surface area (Å²) in [7, 11) is 0. The molecule has 4 fully saturated rings. The van der Waals surface area contributed by atoms with Gasteiger partial charge in [0.05, 0.1) is 13.2 Å². The van der Waals surface area contributed by atoms with Crippen molar-refractivity contribution in [3.63, 3.8) is 0 Å². The zero-order valence-electron chi connectivity index (χ0n) is 12.3. The Hall–Kier alpha value is -0.701. The SMILES string of the molecule is CC1(OC(=O)COCCO)C2CC3CC(C2)CC1C3.[He]. The molecule has 4 bridgehead atoms. The number of hydrogen-bond acceptors (Lipinski definition) is 4. The quantitative estimate of drug-likeness (QED) is 0.612. The minimum atomic E-state index is -0.275. The summed E-state index contributed by atoms with van der Waals surface area (Å²) in [6.07, 6.45) is 6.32. The maximum atomic E-state index is 11.9. The fraction of sp³-hybridized carbons (Fsp3) is 0.933. The predicted molar refractivity (Wildman–Crippen MR) is 69.4 cm³/mol. The van der Waals surface area contributed by atoms with Gasteiger partial charge in [-0.2, -0.15) is 0 Å². The van der Waals surface area contributed by atoms with Gasteiger partial charge in [0.1, 0.15) is 12.2 Å². The molecule has 0 heterocycles. The fourth-order valence-corrected chi connectivity index (χ4v) is 4.78. The van der Waals surface area contributed by atoms with Gasteiger partial charge in [-0.05, 0) is 62.7 Å². The van der Waals surface area contributed by atoms with Crippen LogP contribution in [0, 0.1) is 29.8 Å². The van der Waals surface area contributed by atoms with Crippen molar-refractivity contribution >= 4 is 5.97 Å². The van der Waals surface area contributed by atoms with Crippen LogP contribution in [-0.4, -0.2) is 36.5 Å². The molecular weight excluding hydrogens is 248 g/mol. The molecule has 0 unspecified atom stereocenters. The smallest absolute Gasteiger partial charge is 0.332 e. The third-order valence-corrected chi connectivity index (χ3v) is 5.55. The van der Waals surface area contributed by atoms with Crippen LogP contribution in [0.1, 0.15) is 39.0 Å². The molecule has 0 aromatic heterocycles. The maximum absolute atomic E-state index is 11.9. The van der Waals surface area contributed by atoms with E-state index in [-0.39, 0.29) is 37.5 Å². The Bertz CT molecular complexity index is 330. The molecule has 4 aliphatic carbocycles. The van der Waals surface area contributed by atoms with Gasteiger partial charge < -0.3 is 14.6 Å². The number of aliphatic hydroxyl groups is 1. The molecule has 4 rings (SSSR count). The van der Waals surface area contributed by atoms with Crippen molar-refractivity contribution < 1.29 is 25.5 Å². The summed E-state index contributed by atoms with van der Waals surface area (Å²) in [5.74, 6) is 2.57. The summed E-state index contributed by atoms with van der Waals surface area (Å²) in [6, 6.07) is 0. The number of rotatable bonds is 5. The second kappa shape index (κ2) is 5.97. The Labute approximate surface area is 120 Å². The topological polar surface area (TPSA) is 55.8 Å². The standard InChI is InChI=1S/C15H24O4.He/c1-15(19-14(17)9-18-3-2-16)12-5-10-4-11(7-12)8-13(15)6-10;/h10-13,16H,2-9H2,1H3;. The van der Waals surface area contributed by atoms with E-state index in [1.54, 1.807) is 0 Å². The average Bonchev–Trinajstić information content (AvgIpc) is 2.35. The molecule has 0 saturated heterocycles. The van der Waals surface area contributed by atoms with E-state index in [2.05, 4.69) is 6.92 Å². The first-order valence-electron chi connectivity index (χ1n) is 7.52. The molecule has 0 spiro atoms. The van der Waals surface area contributed by atoms with Crippen LogP contribution in [0.5, 0.6) is 0 Å². The van der Waals surface area contributed by atoms with Gasteiger partial charge in [-0.25, -0.2) is 4.79 Å². The Morgan fingerprint density at radius 3 is 2.20 bits per heavy atom. The molecule has 0 amide bonds. The Morgan fingerprint density at radius 2 is 1.70 bits per heavy atom. The molecule has 4 aliphatic rings. The summed E-state index contributed by atoms with van der Waals surface area (Å²) in [5.41, 5.74) is -0.271. The Balaban J connectivity index is 0.00000147. The zero-order chi connectivity index (χ0) is 13.5. The summed E-state index contributed by atoms with van der Waals surface area (Å²) >= 11 is 0. The van der Waals surface area contributed by atoms with Gasteiger partial charge in [-0.3, -0.25) is 0 Å². The second-order valence-corrected chi connectivity index (χ2v) is 6.74. The molecule has 0 aromatic carbocycles. The van der Waals surface area contributed by atoms with Crippen LogP contribution < -0.4 is 0 Å². The van der Waals surface area contributed by atoms with Crippen molar-refractivity contribution in [2.45, 2.75) is 44.6 Å². The summed E-state index contributed by atoms with van der Waals surface area (Å²) in [4.78, 5) is 11.9. The molecule has 0 radical (unpaired) electrons. The minimum absolute atomic E-state index is 0. The minimum Gasteiger partial charge on any atom is -0.457 e. The van der Waals surface area contributed by atoms with Crippen molar-refractivity contribution in [2.75, 3.05) is 19.8 Å². The largest absolute Gasteiger partial charge is 0.457 e. The van der Waals surface area contributed by atoms with Gasteiger partial charge in [0.25, 0.3) is 0 Å². The number of aliphatic hydroxyl groups excluding tert-OH is 1. The van der Waals surface area contributed by atoms with Crippen molar-refractivity contribution in [3.8, 4) is 0 Å². The van der Waals surface area contributed by atoms with Gasteiger partial charge in [-0.15, -0.1) is 0 Å². The van der Waals surface area contributed by atoms with Crippen LogP contribution in [0.25, 0.3) is 0 Å². The molecule has 20 heavy (non-hydrogen) atoms. The van der Waals surface area contributed by atoms with Crippen molar-refractivity contribution in [1.29, 1.82) is 0 Å². The van der Waals surface area contributed by atoms with Gasteiger partial charge in [0, 0.05) is 6.15 Å². The molecular formula is C15H24HeO4. The van der Waals surface area contributed by atoms with Crippen LogP contribution >= 0.6 is 0 Å². The molecule has 4 saturated carbocycles. The first-order valence-corrected chi connectivity index (χ1v) is 7.52. The third-order valence-electron chi connectivity index (χ3n) is 5.55. The maximum Gasteiger partial charge on any atom is 0.332 e. The Kier molecular flexibility index (Phi) is 4.68. The molecule has 0 aromatic rings. The first kappa shape index (κ1) is 15.7. The molecule has 5 heteroatoms. The molecule has 0 atom stereocenters. The van der Waals surface area contributed by atoms with Crippen LogP contribution in [0.3, 0.4) is 0 Å². The van der Waals surface area contributed by atoms with Crippen LogP contribution in [0.15, 0.2) is 0 Å². The molecule has 110 valence electrons. The zero-order valence-corrected chi connectivity index (χ0v) is 12.3. The summed E-state index contributed by atoms with van der Waals surface area (Å²) in [5, 5.41) is 8.64. The number of hydrogen-bond donors (Lipinski definition) is 1. The average molecular weight is 272 g/mol. The Morgan fingerprint density at radius 1 is 1.15 bits per heavy atom. The van der Waals surface area contributed by atoms with Crippen LogP contribution in [-0.2, 0) is 14.3 Å². The number of carbonyl (C=O) groups excluding carboxylic acids is 1. The fourth-order valence-electron chi connectivity index (χ4n) is 4.78. The van der Waals surface area contributed by atoms with Crippen LogP contribution in [0.2, 0.25) is 0 Å². The van der Waals surface area contributed by atoms with Gasteiger partial charge >= 0.3 is 5.97 Å². The summed E-state index contributed by atoms with van der Waals surface area (Å²) in [6.45, 7) is 2.23. The van der Waals surface area contributed by atoms with E-state index in [0.717, 1.165) is 11.8 Å². The molecule has 4 nitrogen and oxygen atoms in total. The van der Waals surface area contributed by atoms with E-state index in [4.69, 9.17) is 14.6 Å². The van der Waals surface area contributed by atoms with E-state index >= 15 is 0 Å². The third kappa shape index (κ3) is 2.69. The van der Waals surface area contributed by atoms with Crippen molar-refractivity contribution in [1.82, 2.24) is 0 Å². The monoisotopic (exact) mass is 272 g/mol. The van der Waals surface area contributed by atoms with Gasteiger partial charge in [0.15, 0.2) is 0 Å². The second-order valence-electron chi connectivity index (χ2n) is 6.74. The van der Waals surface area contributed by atoms with Crippen molar-refractivity contribution in [3.05, 3.63) is 0 Å². The first-order chi connectivity index (χ1) is 9.11. The van der Waals surface area contributed by atoms with Gasteiger partial charge in [0.2, 0.25) is 0 Å².